The van der Waals surface area contributed by atoms with Gasteiger partial charge in [-0.15, -0.1) is 12.6 Å². The van der Waals surface area contributed by atoms with Gasteiger partial charge in [0.25, 0.3) is 0 Å². The normalized spacial score (nSPS) is 9.55. The van der Waals surface area contributed by atoms with Gasteiger partial charge in [0, 0.05) is 6.42 Å². The number of thiol groups is 1. The molecule has 0 atom stereocenters. The van der Waals surface area contributed by atoms with Crippen molar-refractivity contribution in [2.75, 3.05) is 0 Å². The van der Waals surface area contributed by atoms with Crippen LogP contribution in [-0.4, -0.2) is 5.11 Å². The van der Waals surface area contributed by atoms with Crippen molar-refractivity contribution in [2.45, 2.75) is 6.42 Å². The molecule has 1 N–H and O–H groups in total. The van der Waals surface area contributed by atoms with Crippen molar-refractivity contribution in [3.05, 3.63) is 41.3 Å². The maximum atomic E-state index is 9.28. The minimum absolute atomic E-state index is 0.308. The first-order valence-electron chi connectivity index (χ1n) is 3.34. The van der Waals surface area contributed by atoms with Crippen molar-refractivity contribution >= 4 is 12.6 Å². The summed E-state index contributed by atoms with van der Waals surface area (Å²) in [6, 6.07) is 7.19. The average molecular weight is 166 g/mol. The number of benzene rings is 1. The summed E-state index contributed by atoms with van der Waals surface area (Å²) in [4.78, 5) is 0.756. The molecule has 0 saturated carbocycles. The zero-order valence-electron chi connectivity index (χ0n) is 6.12. The Morgan fingerprint density at radius 2 is 2.09 bits per heavy atom. The molecule has 0 aliphatic carbocycles. The Balaban J connectivity index is 2.86. The van der Waals surface area contributed by atoms with Crippen LogP contribution in [0.5, 0.6) is 5.75 Å². The van der Waals surface area contributed by atoms with Crippen LogP contribution in [0.3, 0.4) is 0 Å². The highest BCUT2D eigenvalue weighted by atomic mass is 32.1. The van der Waals surface area contributed by atoms with Crippen molar-refractivity contribution < 1.29 is 5.11 Å². The van der Waals surface area contributed by atoms with Crippen LogP contribution in [0.4, 0.5) is 0 Å². The van der Waals surface area contributed by atoms with E-state index in [1.807, 2.05) is 12.1 Å². The van der Waals surface area contributed by atoms with Gasteiger partial charge in [-0.2, -0.15) is 0 Å². The molecule has 0 fully saturated rings. The Labute approximate surface area is 71.8 Å². The van der Waals surface area contributed by atoms with Gasteiger partial charge < -0.3 is 5.11 Å². The van der Waals surface area contributed by atoms with Crippen molar-refractivity contribution in [2.24, 2.45) is 0 Å². The molecule has 0 unspecified atom stereocenters. The number of phenols is 1. The molecule has 1 aromatic carbocycles. The van der Waals surface area contributed by atoms with Crippen molar-refractivity contribution in [3.63, 3.8) is 0 Å². The summed E-state index contributed by atoms with van der Waals surface area (Å²) in [5.74, 6) is 0.308. The summed E-state index contributed by atoms with van der Waals surface area (Å²) in [5, 5.41) is 9.28. The fraction of sp³-hybridized carbons (Fsp3) is 0.111. The number of hydrogen-bond donors (Lipinski definition) is 2. The second-order valence-corrected chi connectivity index (χ2v) is 3.00. The van der Waals surface area contributed by atoms with Gasteiger partial charge in [0.1, 0.15) is 5.75 Å². The molecule has 0 radical (unpaired) electrons. The number of para-hydroxylation sites is 1. The third kappa shape index (κ3) is 2.31. The van der Waals surface area contributed by atoms with E-state index >= 15 is 0 Å². The largest absolute Gasteiger partial charge is 0.508 e. The van der Waals surface area contributed by atoms with E-state index in [9.17, 15) is 5.11 Å². The topological polar surface area (TPSA) is 20.2 Å². The molecule has 0 saturated heterocycles. The van der Waals surface area contributed by atoms with Crippen LogP contribution in [0, 0.1) is 0 Å². The molecule has 2 heteroatoms. The van der Waals surface area contributed by atoms with E-state index in [1.54, 1.807) is 12.1 Å². The van der Waals surface area contributed by atoms with Crippen molar-refractivity contribution in [1.82, 2.24) is 0 Å². The third-order valence-corrected chi connectivity index (χ3v) is 1.54. The molecule has 0 spiro atoms. The zero-order chi connectivity index (χ0) is 8.27. The van der Waals surface area contributed by atoms with Gasteiger partial charge in [0.2, 0.25) is 0 Å². The lowest BCUT2D eigenvalue weighted by atomic mass is 10.1. The molecular formula is C9H10OS. The first-order valence-corrected chi connectivity index (χ1v) is 3.78. The predicted octanol–water partition coefficient (Wildman–Crippen LogP) is 2.38. The SMILES string of the molecule is C=C(S)Cc1ccccc1O. The molecule has 11 heavy (non-hydrogen) atoms. The Bertz CT molecular complexity index is 268. The first-order chi connectivity index (χ1) is 5.20. The predicted molar refractivity (Wildman–Crippen MR) is 49.9 cm³/mol. The Morgan fingerprint density at radius 1 is 1.45 bits per heavy atom. The van der Waals surface area contributed by atoms with E-state index in [1.165, 1.54) is 0 Å². The van der Waals surface area contributed by atoms with E-state index in [4.69, 9.17) is 0 Å². The molecule has 0 aromatic heterocycles. The molecule has 58 valence electrons. The summed E-state index contributed by atoms with van der Waals surface area (Å²) < 4.78 is 0. The molecule has 0 aliphatic heterocycles. The smallest absolute Gasteiger partial charge is 0.119 e. The summed E-state index contributed by atoms with van der Waals surface area (Å²) >= 11 is 4.05. The Morgan fingerprint density at radius 3 is 2.64 bits per heavy atom. The molecule has 0 amide bonds. The average Bonchev–Trinajstić information content (AvgIpc) is 1.93. The van der Waals surface area contributed by atoms with E-state index in [0.29, 0.717) is 12.2 Å². The summed E-state index contributed by atoms with van der Waals surface area (Å²) in [7, 11) is 0. The number of phenolic OH excluding ortho intramolecular Hbond substituents is 1. The second kappa shape index (κ2) is 3.49. The molecule has 1 aromatic rings. The fourth-order valence-electron chi connectivity index (χ4n) is 0.880. The van der Waals surface area contributed by atoms with Crippen LogP contribution in [0.25, 0.3) is 0 Å². The van der Waals surface area contributed by atoms with Crippen LogP contribution in [0.2, 0.25) is 0 Å². The Kier molecular flexibility index (Phi) is 2.60. The maximum absolute atomic E-state index is 9.28. The van der Waals surface area contributed by atoms with Crippen LogP contribution in [0.15, 0.2) is 35.7 Å². The van der Waals surface area contributed by atoms with Crippen molar-refractivity contribution in [1.29, 1.82) is 0 Å². The summed E-state index contributed by atoms with van der Waals surface area (Å²) in [6.45, 7) is 3.64. The molecule has 1 nitrogen and oxygen atoms in total. The molecular weight excluding hydrogens is 156 g/mol. The number of allylic oxidation sites excluding steroid dienone is 1. The van der Waals surface area contributed by atoms with Crippen molar-refractivity contribution in [3.8, 4) is 5.75 Å². The molecule has 0 heterocycles. The van der Waals surface area contributed by atoms with Crippen LogP contribution in [-0.2, 0) is 6.42 Å². The lowest BCUT2D eigenvalue weighted by Gasteiger charge is -2.01. The summed E-state index contributed by atoms with van der Waals surface area (Å²) in [6.07, 6.45) is 0.621. The fourth-order valence-corrected chi connectivity index (χ4v) is 1.05. The quantitative estimate of drug-likeness (QED) is 0.646. The first kappa shape index (κ1) is 8.21. The van der Waals surface area contributed by atoms with E-state index < -0.39 is 0 Å². The van der Waals surface area contributed by atoms with Gasteiger partial charge in [-0.05, 0) is 16.5 Å². The van der Waals surface area contributed by atoms with Crippen LogP contribution in [0.1, 0.15) is 5.56 Å². The highest BCUT2D eigenvalue weighted by Crippen LogP contribution is 2.19. The zero-order valence-corrected chi connectivity index (χ0v) is 7.01. The minimum Gasteiger partial charge on any atom is -0.508 e. The van der Waals surface area contributed by atoms with Crippen LogP contribution < -0.4 is 0 Å². The molecule has 1 rings (SSSR count). The molecule has 0 aliphatic rings. The van der Waals surface area contributed by atoms with E-state index in [0.717, 1.165) is 10.5 Å². The second-order valence-electron chi connectivity index (χ2n) is 2.37. The van der Waals surface area contributed by atoms with Gasteiger partial charge in [-0.25, -0.2) is 0 Å². The highest BCUT2D eigenvalue weighted by molar-refractivity contribution is 7.84. The monoisotopic (exact) mass is 166 g/mol. The van der Waals surface area contributed by atoms with Gasteiger partial charge in [0.15, 0.2) is 0 Å². The lowest BCUT2D eigenvalue weighted by Crippen LogP contribution is -1.83. The van der Waals surface area contributed by atoms with Gasteiger partial charge in [-0.3, -0.25) is 0 Å². The third-order valence-electron chi connectivity index (χ3n) is 1.39. The maximum Gasteiger partial charge on any atom is 0.119 e. The summed E-state index contributed by atoms with van der Waals surface area (Å²) in [5.41, 5.74) is 0.868. The minimum atomic E-state index is 0.308. The van der Waals surface area contributed by atoms with E-state index in [2.05, 4.69) is 19.2 Å². The van der Waals surface area contributed by atoms with Gasteiger partial charge in [-0.1, -0.05) is 24.8 Å². The van der Waals surface area contributed by atoms with Gasteiger partial charge in [0.05, 0.1) is 0 Å². The Hall–Kier alpha value is -0.890. The lowest BCUT2D eigenvalue weighted by molar-refractivity contribution is 0.469. The number of hydrogen-bond acceptors (Lipinski definition) is 2. The van der Waals surface area contributed by atoms with Gasteiger partial charge >= 0.3 is 0 Å². The van der Waals surface area contributed by atoms with Crippen LogP contribution >= 0.6 is 12.6 Å². The van der Waals surface area contributed by atoms with E-state index in [-0.39, 0.29) is 0 Å². The standard InChI is InChI=1S/C9H10OS/c1-7(11)6-8-4-2-3-5-9(8)10/h2-5,10-11H,1,6H2. The highest BCUT2D eigenvalue weighted by Gasteiger charge is 1.98. The number of rotatable bonds is 2. The molecule has 0 bridgehead atoms. The number of aromatic hydroxyl groups is 1.